The van der Waals surface area contributed by atoms with E-state index >= 15 is 0 Å². The molecule has 1 atom stereocenters. The molecule has 1 aliphatic heterocycles. The Kier molecular flexibility index (Phi) is 4.45. The van der Waals surface area contributed by atoms with Gasteiger partial charge >= 0.3 is 5.97 Å². The van der Waals surface area contributed by atoms with E-state index in [0.29, 0.717) is 29.4 Å². The summed E-state index contributed by atoms with van der Waals surface area (Å²) in [5.74, 6) is 0.130. The number of hydrogen-bond acceptors (Lipinski definition) is 7. The first-order valence-electron chi connectivity index (χ1n) is 7.83. The maximum atomic E-state index is 12.6. The fraction of sp³-hybridized carbons (Fsp3) is 0.375. The molecule has 24 heavy (non-hydrogen) atoms. The van der Waals surface area contributed by atoms with Crippen LogP contribution in [0.1, 0.15) is 38.3 Å². The molecule has 1 aromatic heterocycles. The van der Waals surface area contributed by atoms with Crippen LogP contribution in [-0.4, -0.2) is 37.9 Å². The molecule has 0 aliphatic carbocycles. The number of allylic oxidation sites excluding steroid dienone is 1. The smallest absolute Gasteiger partial charge is 0.338 e. The lowest BCUT2D eigenvalue weighted by atomic mass is 9.95. The Bertz CT molecular complexity index is 784. The Balaban J connectivity index is 2.02. The fourth-order valence-corrected chi connectivity index (χ4v) is 2.67. The second-order valence-corrected chi connectivity index (χ2v) is 5.60. The minimum absolute atomic E-state index is 0.108. The molecular formula is C16H19N5O3. The second-order valence-electron chi connectivity index (χ2n) is 5.60. The fourth-order valence-electron chi connectivity index (χ4n) is 2.67. The van der Waals surface area contributed by atoms with Crippen LogP contribution in [-0.2, 0) is 9.53 Å². The van der Waals surface area contributed by atoms with E-state index in [2.05, 4.69) is 20.8 Å². The van der Waals surface area contributed by atoms with E-state index in [0.717, 1.165) is 12.8 Å². The summed E-state index contributed by atoms with van der Waals surface area (Å²) in [5, 5.41) is 24.4. The van der Waals surface area contributed by atoms with Gasteiger partial charge in [-0.25, -0.2) is 4.79 Å². The summed E-state index contributed by atoms with van der Waals surface area (Å²) in [6, 6.07) is 6.13. The van der Waals surface area contributed by atoms with Gasteiger partial charge in [-0.05, 0) is 41.5 Å². The van der Waals surface area contributed by atoms with Gasteiger partial charge in [0.05, 0.1) is 12.2 Å². The lowest BCUT2D eigenvalue weighted by Crippen LogP contribution is -2.29. The van der Waals surface area contributed by atoms with Crippen molar-refractivity contribution in [1.82, 2.24) is 20.2 Å². The van der Waals surface area contributed by atoms with Gasteiger partial charge in [-0.15, -0.1) is 0 Å². The van der Waals surface area contributed by atoms with Crippen molar-refractivity contribution in [2.75, 3.05) is 11.9 Å². The minimum Gasteiger partial charge on any atom is -0.508 e. The van der Waals surface area contributed by atoms with Crippen LogP contribution in [0.3, 0.4) is 0 Å². The van der Waals surface area contributed by atoms with E-state index in [-0.39, 0.29) is 5.75 Å². The number of nitrogens with one attached hydrogen (secondary N) is 1. The number of carbonyl (C=O) groups excluding carboxylic acids is 1. The number of fused-ring (bicyclic) bond motifs is 1. The van der Waals surface area contributed by atoms with Crippen LogP contribution in [0.4, 0.5) is 5.95 Å². The summed E-state index contributed by atoms with van der Waals surface area (Å²) in [6.45, 7) is 4.18. The standard InChI is InChI=1S/C16H19N5O3/c1-3-4-8-24-15(23)13-10(2)17-16-18-19-20-21(16)14(13)11-6-5-7-12(22)9-11/h5-7,9,14,22H,3-4,8H2,1-2H3,(H,17,18,20). The Morgan fingerprint density at radius 2 is 2.29 bits per heavy atom. The highest BCUT2D eigenvalue weighted by Gasteiger charge is 2.35. The predicted octanol–water partition coefficient (Wildman–Crippen LogP) is 2.01. The molecule has 8 nitrogen and oxygen atoms in total. The third-order valence-electron chi connectivity index (χ3n) is 3.85. The maximum Gasteiger partial charge on any atom is 0.338 e. The zero-order chi connectivity index (χ0) is 17.1. The summed E-state index contributed by atoms with van der Waals surface area (Å²) in [6.07, 6.45) is 1.75. The molecule has 2 aromatic rings. The van der Waals surface area contributed by atoms with Gasteiger partial charge in [0.25, 0.3) is 0 Å². The molecule has 0 spiro atoms. The van der Waals surface area contributed by atoms with Crippen molar-refractivity contribution in [1.29, 1.82) is 0 Å². The molecular weight excluding hydrogens is 310 g/mol. The summed E-state index contributed by atoms with van der Waals surface area (Å²) in [5.41, 5.74) is 1.76. The van der Waals surface area contributed by atoms with E-state index in [1.54, 1.807) is 25.1 Å². The quantitative estimate of drug-likeness (QED) is 0.639. The van der Waals surface area contributed by atoms with Crippen molar-refractivity contribution in [2.24, 2.45) is 0 Å². The van der Waals surface area contributed by atoms with Crippen LogP contribution >= 0.6 is 0 Å². The van der Waals surface area contributed by atoms with Crippen LogP contribution in [0.15, 0.2) is 35.5 Å². The van der Waals surface area contributed by atoms with Gasteiger partial charge in [-0.2, -0.15) is 4.68 Å². The number of hydrogen-bond donors (Lipinski definition) is 2. The summed E-state index contributed by atoms with van der Waals surface area (Å²) in [7, 11) is 0. The molecule has 0 radical (unpaired) electrons. The molecule has 1 unspecified atom stereocenters. The third kappa shape index (κ3) is 2.94. The minimum atomic E-state index is -0.558. The number of aromatic hydroxyl groups is 1. The zero-order valence-corrected chi connectivity index (χ0v) is 13.6. The van der Waals surface area contributed by atoms with E-state index in [9.17, 15) is 9.90 Å². The van der Waals surface area contributed by atoms with Crippen molar-refractivity contribution in [3.8, 4) is 5.75 Å². The average molecular weight is 329 g/mol. The number of anilines is 1. The van der Waals surface area contributed by atoms with E-state index < -0.39 is 12.0 Å². The molecule has 3 rings (SSSR count). The second kappa shape index (κ2) is 6.69. The van der Waals surface area contributed by atoms with E-state index in [4.69, 9.17) is 4.74 Å². The van der Waals surface area contributed by atoms with Gasteiger partial charge in [0.15, 0.2) is 0 Å². The van der Waals surface area contributed by atoms with Gasteiger partial charge < -0.3 is 15.2 Å². The third-order valence-corrected chi connectivity index (χ3v) is 3.85. The van der Waals surface area contributed by atoms with Crippen molar-refractivity contribution < 1.29 is 14.6 Å². The number of rotatable bonds is 5. The molecule has 0 amide bonds. The summed E-state index contributed by atoms with van der Waals surface area (Å²) < 4.78 is 6.90. The largest absolute Gasteiger partial charge is 0.508 e. The highest BCUT2D eigenvalue weighted by molar-refractivity contribution is 5.92. The Morgan fingerprint density at radius 1 is 1.46 bits per heavy atom. The first kappa shape index (κ1) is 16.0. The number of phenols is 1. The van der Waals surface area contributed by atoms with Crippen LogP contribution in [0.2, 0.25) is 0 Å². The normalized spacial score (nSPS) is 16.5. The first-order valence-corrected chi connectivity index (χ1v) is 7.83. The van der Waals surface area contributed by atoms with Crippen molar-refractivity contribution in [2.45, 2.75) is 32.7 Å². The number of aromatic nitrogens is 4. The number of tetrazole rings is 1. The Hall–Kier alpha value is -2.90. The van der Waals surface area contributed by atoms with E-state index in [1.165, 1.54) is 4.68 Å². The molecule has 0 saturated carbocycles. The number of carbonyl (C=O) groups is 1. The number of ether oxygens (including phenoxy) is 1. The highest BCUT2D eigenvalue weighted by atomic mass is 16.5. The maximum absolute atomic E-state index is 12.6. The van der Waals surface area contributed by atoms with Crippen LogP contribution in [0, 0.1) is 0 Å². The highest BCUT2D eigenvalue weighted by Crippen LogP contribution is 2.35. The van der Waals surface area contributed by atoms with Crippen LogP contribution in [0.25, 0.3) is 0 Å². The van der Waals surface area contributed by atoms with Gasteiger partial charge in [0.2, 0.25) is 5.95 Å². The monoisotopic (exact) mass is 329 g/mol. The molecule has 0 saturated heterocycles. The summed E-state index contributed by atoms with van der Waals surface area (Å²) in [4.78, 5) is 12.6. The summed E-state index contributed by atoms with van der Waals surface area (Å²) >= 11 is 0. The van der Waals surface area contributed by atoms with Gasteiger partial charge in [0, 0.05) is 5.70 Å². The molecule has 1 aromatic carbocycles. The van der Waals surface area contributed by atoms with Crippen LogP contribution < -0.4 is 5.32 Å². The van der Waals surface area contributed by atoms with Crippen molar-refractivity contribution in [3.63, 3.8) is 0 Å². The lowest BCUT2D eigenvalue weighted by Gasteiger charge is -2.27. The SMILES string of the molecule is CCCCOC(=O)C1=C(C)Nc2nnnn2C1c1cccc(O)c1. The van der Waals surface area contributed by atoms with Crippen LogP contribution in [0.5, 0.6) is 5.75 Å². The molecule has 8 heteroatoms. The van der Waals surface area contributed by atoms with Crippen molar-refractivity contribution in [3.05, 3.63) is 41.1 Å². The van der Waals surface area contributed by atoms with Gasteiger partial charge in [-0.1, -0.05) is 30.6 Å². The average Bonchev–Trinajstić information content (AvgIpc) is 3.01. The number of phenolic OH excluding ortho intramolecular Hbond substituents is 1. The number of unbranched alkanes of at least 4 members (excludes halogenated alkanes) is 1. The molecule has 0 fully saturated rings. The van der Waals surface area contributed by atoms with E-state index in [1.807, 2.05) is 13.0 Å². The predicted molar refractivity (Wildman–Crippen MR) is 86.3 cm³/mol. The topological polar surface area (TPSA) is 102 Å². The van der Waals surface area contributed by atoms with Gasteiger partial charge in [0.1, 0.15) is 11.8 Å². The number of benzene rings is 1. The Morgan fingerprint density at radius 3 is 3.04 bits per heavy atom. The molecule has 2 heterocycles. The number of nitrogens with zero attached hydrogens (tertiary/aromatic N) is 4. The Labute approximate surface area is 139 Å². The lowest BCUT2D eigenvalue weighted by molar-refractivity contribution is -0.139. The molecule has 1 aliphatic rings. The molecule has 0 bridgehead atoms. The molecule has 126 valence electrons. The van der Waals surface area contributed by atoms with Crippen molar-refractivity contribution >= 4 is 11.9 Å². The first-order chi connectivity index (χ1) is 11.6. The zero-order valence-electron chi connectivity index (χ0n) is 13.6. The number of esters is 1. The molecule has 2 N–H and O–H groups in total. The van der Waals surface area contributed by atoms with Gasteiger partial charge in [-0.3, -0.25) is 0 Å².